The highest BCUT2D eigenvalue weighted by molar-refractivity contribution is 6.17. The normalized spacial score (nSPS) is 11.5. The van der Waals surface area contributed by atoms with Gasteiger partial charge in [0.1, 0.15) is 0 Å². The number of alkyl halides is 1. The van der Waals surface area contributed by atoms with Crippen molar-refractivity contribution in [2.24, 2.45) is 0 Å². The first-order valence-electron chi connectivity index (χ1n) is 8.28. The standard InChI is InChI=1S/C19H23ClN2O4/c1-25-17-9-8-15(12-18(17)26-11-5-10-20)21-19(24)22-16(13-23)14-6-3-2-4-7-14/h2-4,6-9,12,16,23H,5,10-11,13H2,1H3,(H2,21,22,24)/t16-/m0/s1. The lowest BCUT2D eigenvalue weighted by Gasteiger charge is -2.18. The van der Waals surface area contributed by atoms with Gasteiger partial charge in [0, 0.05) is 17.6 Å². The summed E-state index contributed by atoms with van der Waals surface area (Å²) in [6, 6.07) is 13.5. The Morgan fingerprint density at radius 1 is 1.19 bits per heavy atom. The molecule has 0 bridgehead atoms. The number of carbonyl (C=O) groups is 1. The molecule has 6 nitrogen and oxygen atoms in total. The van der Waals surface area contributed by atoms with Gasteiger partial charge in [0.2, 0.25) is 0 Å². The smallest absolute Gasteiger partial charge is 0.319 e. The first-order valence-corrected chi connectivity index (χ1v) is 8.81. The largest absolute Gasteiger partial charge is 0.493 e. The number of ether oxygens (including phenoxy) is 2. The van der Waals surface area contributed by atoms with Crippen molar-refractivity contribution in [1.29, 1.82) is 0 Å². The Balaban J connectivity index is 2.02. The molecule has 0 heterocycles. The average Bonchev–Trinajstić information content (AvgIpc) is 2.67. The van der Waals surface area contributed by atoms with E-state index in [1.165, 1.54) is 0 Å². The van der Waals surface area contributed by atoms with E-state index in [4.69, 9.17) is 21.1 Å². The van der Waals surface area contributed by atoms with Crippen LogP contribution in [0.25, 0.3) is 0 Å². The highest BCUT2D eigenvalue weighted by atomic mass is 35.5. The summed E-state index contributed by atoms with van der Waals surface area (Å²) in [6.45, 7) is 0.253. The Morgan fingerprint density at radius 3 is 2.62 bits per heavy atom. The first kappa shape index (κ1) is 19.9. The molecule has 3 N–H and O–H groups in total. The minimum absolute atomic E-state index is 0.202. The summed E-state index contributed by atoms with van der Waals surface area (Å²) >= 11 is 5.66. The summed E-state index contributed by atoms with van der Waals surface area (Å²) in [5.41, 5.74) is 1.37. The third kappa shape index (κ3) is 5.82. The minimum Gasteiger partial charge on any atom is -0.493 e. The predicted molar refractivity (Wildman–Crippen MR) is 102 cm³/mol. The first-order chi connectivity index (χ1) is 12.7. The molecular weight excluding hydrogens is 356 g/mol. The maximum atomic E-state index is 12.3. The molecule has 0 aliphatic carbocycles. The van der Waals surface area contributed by atoms with Gasteiger partial charge in [-0.25, -0.2) is 4.79 Å². The molecule has 0 aromatic heterocycles. The van der Waals surface area contributed by atoms with Crippen LogP contribution in [0.1, 0.15) is 18.0 Å². The van der Waals surface area contributed by atoms with E-state index in [2.05, 4.69) is 10.6 Å². The van der Waals surface area contributed by atoms with Crippen LogP contribution in [0, 0.1) is 0 Å². The van der Waals surface area contributed by atoms with Crippen LogP contribution in [0.3, 0.4) is 0 Å². The summed E-state index contributed by atoms with van der Waals surface area (Å²) in [6.07, 6.45) is 0.706. The number of halogens is 1. The van der Waals surface area contributed by atoms with Crippen LogP contribution < -0.4 is 20.1 Å². The lowest BCUT2D eigenvalue weighted by atomic mass is 10.1. The lowest BCUT2D eigenvalue weighted by molar-refractivity contribution is 0.225. The highest BCUT2D eigenvalue weighted by Gasteiger charge is 2.14. The quantitative estimate of drug-likeness (QED) is 0.460. The molecule has 0 saturated heterocycles. The van der Waals surface area contributed by atoms with Gasteiger partial charge < -0.3 is 25.2 Å². The van der Waals surface area contributed by atoms with Crippen LogP contribution in [0.5, 0.6) is 11.5 Å². The van der Waals surface area contributed by atoms with Crippen molar-refractivity contribution in [2.45, 2.75) is 12.5 Å². The van der Waals surface area contributed by atoms with Gasteiger partial charge in [-0.2, -0.15) is 0 Å². The Morgan fingerprint density at radius 2 is 1.96 bits per heavy atom. The van der Waals surface area contributed by atoms with Crippen molar-refractivity contribution >= 4 is 23.3 Å². The fourth-order valence-corrected chi connectivity index (χ4v) is 2.46. The van der Waals surface area contributed by atoms with E-state index < -0.39 is 12.1 Å². The van der Waals surface area contributed by atoms with Crippen molar-refractivity contribution < 1.29 is 19.4 Å². The Hall–Kier alpha value is -2.44. The van der Waals surface area contributed by atoms with Crippen LogP contribution >= 0.6 is 11.6 Å². The maximum Gasteiger partial charge on any atom is 0.319 e. The van der Waals surface area contributed by atoms with Gasteiger partial charge in [-0.3, -0.25) is 0 Å². The number of hydrogen-bond acceptors (Lipinski definition) is 4. The maximum absolute atomic E-state index is 12.3. The van der Waals surface area contributed by atoms with Gasteiger partial charge in [0.15, 0.2) is 11.5 Å². The molecule has 2 rings (SSSR count). The number of hydrogen-bond donors (Lipinski definition) is 3. The van der Waals surface area contributed by atoms with Crippen LogP contribution in [0.2, 0.25) is 0 Å². The van der Waals surface area contributed by atoms with E-state index in [1.54, 1.807) is 25.3 Å². The SMILES string of the molecule is COc1ccc(NC(=O)N[C@@H](CO)c2ccccc2)cc1OCCCCl. The van der Waals surface area contributed by atoms with Gasteiger partial charge >= 0.3 is 6.03 Å². The summed E-state index contributed by atoms with van der Waals surface area (Å²) in [7, 11) is 1.55. The van der Waals surface area contributed by atoms with Crippen LogP contribution in [-0.4, -0.2) is 37.3 Å². The van der Waals surface area contributed by atoms with E-state index in [0.717, 1.165) is 5.56 Å². The average molecular weight is 379 g/mol. The molecule has 1 atom stereocenters. The molecule has 0 spiro atoms. The minimum atomic E-state index is -0.492. The van der Waals surface area contributed by atoms with Crippen molar-refractivity contribution in [3.63, 3.8) is 0 Å². The molecule has 0 aliphatic heterocycles. The zero-order valence-electron chi connectivity index (χ0n) is 14.6. The molecule has 0 aliphatic rings. The summed E-state index contributed by atoms with van der Waals surface area (Å²) in [5, 5.41) is 15.0. The number of rotatable bonds is 9. The summed E-state index contributed by atoms with van der Waals surface area (Å²) in [4.78, 5) is 12.3. The summed E-state index contributed by atoms with van der Waals surface area (Å²) < 4.78 is 10.9. The second kappa shape index (κ2) is 10.5. The van der Waals surface area contributed by atoms with Gasteiger partial charge in [-0.1, -0.05) is 30.3 Å². The van der Waals surface area contributed by atoms with Gasteiger partial charge in [-0.15, -0.1) is 11.6 Å². The van der Waals surface area contributed by atoms with E-state index in [0.29, 0.717) is 36.1 Å². The van der Waals surface area contributed by atoms with E-state index in [1.807, 2.05) is 30.3 Å². The zero-order chi connectivity index (χ0) is 18.8. The number of benzene rings is 2. The van der Waals surface area contributed by atoms with Crippen molar-refractivity contribution in [3.05, 3.63) is 54.1 Å². The number of carbonyl (C=O) groups excluding carboxylic acids is 1. The van der Waals surface area contributed by atoms with Crippen molar-refractivity contribution in [2.75, 3.05) is 31.5 Å². The molecule has 0 saturated carbocycles. The molecule has 0 unspecified atom stereocenters. The van der Waals surface area contributed by atoms with E-state index >= 15 is 0 Å². The number of anilines is 1. The Labute approximate surface area is 158 Å². The van der Waals surface area contributed by atoms with E-state index in [-0.39, 0.29) is 6.61 Å². The predicted octanol–water partition coefficient (Wildman–Crippen LogP) is 3.56. The number of amides is 2. The number of aliphatic hydroxyl groups excluding tert-OH is 1. The molecule has 26 heavy (non-hydrogen) atoms. The Bertz CT molecular complexity index is 697. The molecule has 0 fully saturated rings. The molecule has 0 radical (unpaired) electrons. The van der Waals surface area contributed by atoms with E-state index in [9.17, 15) is 9.90 Å². The fraction of sp³-hybridized carbons (Fsp3) is 0.316. The number of urea groups is 1. The van der Waals surface area contributed by atoms with Crippen molar-refractivity contribution in [3.8, 4) is 11.5 Å². The van der Waals surface area contributed by atoms with Gasteiger partial charge in [0.25, 0.3) is 0 Å². The van der Waals surface area contributed by atoms with Crippen LogP contribution in [0.4, 0.5) is 10.5 Å². The third-order valence-electron chi connectivity index (χ3n) is 3.65. The summed E-state index contributed by atoms with van der Waals surface area (Å²) in [5.74, 6) is 1.60. The molecule has 7 heteroatoms. The van der Waals surface area contributed by atoms with Gasteiger partial charge in [0.05, 0.1) is 26.4 Å². The number of aliphatic hydroxyl groups is 1. The van der Waals surface area contributed by atoms with Gasteiger partial charge in [-0.05, 0) is 24.1 Å². The second-order valence-corrected chi connectivity index (χ2v) is 5.88. The number of nitrogens with one attached hydrogen (secondary N) is 2. The topological polar surface area (TPSA) is 79.8 Å². The Kier molecular flexibility index (Phi) is 8.05. The molecule has 2 aromatic rings. The third-order valence-corrected chi connectivity index (χ3v) is 3.91. The zero-order valence-corrected chi connectivity index (χ0v) is 15.3. The molecular formula is C19H23ClN2O4. The second-order valence-electron chi connectivity index (χ2n) is 5.50. The van der Waals surface area contributed by atoms with Crippen LogP contribution in [-0.2, 0) is 0 Å². The fourth-order valence-electron chi connectivity index (χ4n) is 2.35. The number of methoxy groups -OCH3 is 1. The molecule has 140 valence electrons. The van der Waals surface area contributed by atoms with Crippen molar-refractivity contribution in [1.82, 2.24) is 5.32 Å². The lowest BCUT2D eigenvalue weighted by Crippen LogP contribution is -2.34. The highest BCUT2D eigenvalue weighted by Crippen LogP contribution is 2.30. The molecule has 2 amide bonds. The molecule has 2 aromatic carbocycles. The monoisotopic (exact) mass is 378 g/mol. The van der Waals surface area contributed by atoms with Crippen LogP contribution in [0.15, 0.2) is 48.5 Å².